The lowest BCUT2D eigenvalue weighted by Crippen LogP contribution is -2.47. The first kappa shape index (κ1) is 19.9. The Kier molecular flexibility index (Phi) is 7.18. The first-order valence-electron chi connectivity index (χ1n) is 8.41. The zero-order valence-corrected chi connectivity index (χ0v) is 15.5. The van der Waals surface area contributed by atoms with E-state index in [-0.39, 0.29) is 13.0 Å². The number of carbonyl (C=O) groups is 2. The molecular formula is C20H22ClNO4. The van der Waals surface area contributed by atoms with E-state index >= 15 is 0 Å². The summed E-state index contributed by atoms with van der Waals surface area (Å²) in [4.78, 5) is 23.2. The summed E-state index contributed by atoms with van der Waals surface area (Å²) in [5.41, 5.74) is 2.84. The topological polar surface area (TPSA) is 75.6 Å². The molecule has 0 spiro atoms. The molecule has 0 saturated carbocycles. The number of nitrogens with one attached hydrogen (secondary N) is 1. The van der Waals surface area contributed by atoms with E-state index in [0.29, 0.717) is 5.02 Å². The quantitative estimate of drug-likeness (QED) is 0.690. The lowest BCUT2D eigenvalue weighted by Gasteiger charge is -2.19. The third kappa shape index (κ3) is 5.58. The first-order chi connectivity index (χ1) is 12.4. The molecule has 2 atom stereocenters. The molecule has 2 aromatic carbocycles. The average Bonchev–Trinajstić information content (AvgIpc) is 2.61. The maximum atomic E-state index is 11.7. The molecular weight excluding hydrogens is 354 g/mol. The van der Waals surface area contributed by atoms with Crippen LogP contribution in [0.4, 0.5) is 0 Å². The zero-order valence-electron chi connectivity index (χ0n) is 14.7. The maximum absolute atomic E-state index is 11.7. The predicted molar refractivity (Wildman–Crippen MR) is 101 cm³/mol. The highest BCUT2D eigenvalue weighted by Crippen LogP contribution is 2.23. The van der Waals surface area contributed by atoms with Gasteiger partial charge in [-0.15, -0.1) is 0 Å². The molecule has 0 radical (unpaired) electrons. The molecule has 0 bridgehead atoms. The Morgan fingerprint density at radius 3 is 2.42 bits per heavy atom. The van der Waals surface area contributed by atoms with Crippen LogP contribution in [0.25, 0.3) is 11.1 Å². The standard InChI is InChI=1S/C20H22ClNO4/c1-3-26-20(25)13(2)22-18(19(23)24)11-14-7-9-15(10-8-14)16-5-4-6-17(21)12-16/h4-10,12-13,18,22H,3,11H2,1-2H3,(H,23,24)/t13?,18-/m0/s1. The van der Waals surface area contributed by atoms with Gasteiger partial charge in [0, 0.05) is 5.02 Å². The van der Waals surface area contributed by atoms with Crippen LogP contribution in [-0.4, -0.2) is 35.7 Å². The van der Waals surface area contributed by atoms with Crippen molar-refractivity contribution in [3.05, 3.63) is 59.1 Å². The molecule has 6 heteroatoms. The summed E-state index contributed by atoms with van der Waals surface area (Å²) in [6.07, 6.45) is 0.259. The smallest absolute Gasteiger partial charge is 0.322 e. The highest BCUT2D eigenvalue weighted by atomic mass is 35.5. The molecule has 2 rings (SSSR count). The number of carbonyl (C=O) groups excluding carboxylic acids is 1. The van der Waals surface area contributed by atoms with Gasteiger partial charge in [0.25, 0.3) is 0 Å². The number of esters is 1. The lowest BCUT2D eigenvalue weighted by molar-refractivity contribution is -0.146. The normalized spacial score (nSPS) is 13.0. The molecule has 1 unspecified atom stereocenters. The molecule has 2 N–H and O–H groups in total. The summed E-state index contributed by atoms with van der Waals surface area (Å²) in [5.74, 6) is -1.48. The van der Waals surface area contributed by atoms with E-state index in [4.69, 9.17) is 16.3 Å². The number of aliphatic carboxylic acids is 1. The van der Waals surface area contributed by atoms with Crippen LogP contribution in [-0.2, 0) is 20.7 Å². The molecule has 0 aromatic heterocycles. The molecule has 0 aliphatic heterocycles. The summed E-state index contributed by atoms with van der Waals surface area (Å²) < 4.78 is 4.90. The number of rotatable bonds is 8. The molecule has 0 fully saturated rings. The summed E-state index contributed by atoms with van der Waals surface area (Å²) in [6, 6.07) is 13.6. The minimum Gasteiger partial charge on any atom is -0.480 e. The van der Waals surface area contributed by atoms with Gasteiger partial charge in [-0.25, -0.2) is 0 Å². The first-order valence-corrected chi connectivity index (χ1v) is 8.79. The van der Waals surface area contributed by atoms with Crippen molar-refractivity contribution in [3.8, 4) is 11.1 Å². The Morgan fingerprint density at radius 1 is 1.15 bits per heavy atom. The zero-order chi connectivity index (χ0) is 19.1. The molecule has 0 aliphatic rings. The second-order valence-electron chi connectivity index (χ2n) is 5.94. The van der Waals surface area contributed by atoms with E-state index in [2.05, 4.69) is 5.32 Å². The van der Waals surface area contributed by atoms with Crippen LogP contribution >= 0.6 is 11.6 Å². The highest BCUT2D eigenvalue weighted by Gasteiger charge is 2.24. The predicted octanol–water partition coefficient (Wildman–Crippen LogP) is 3.54. The van der Waals surface area contributed by atoms with Crippen molar-refractivity contribution in [1.82, 2.24) is 5.32 Å². The third-order valence-electron chi connectivity index (χ3n) is 3.94. The molecule has 0 aliphatic carbocycles. The van der Waals surface area contributed by atoms with Crippen molar-refractivity contribution in [3.63, 3.8) is 0 Å². The molecule has 2 aromatic rings. The Bertz CT molecular complexity index is 761. The SMILES string of the molecule is CCOC(=O)C(C)N[C@@H](Cc1ccc(-c2cccc(Cl)c2)cc1)C(=O)O. The lowest BCUT2D eigenvalue weighted by atomic mass is 10.0. The number of ether oxygens (including phenoxy) is 1. The Morgan fingerprint density at radius 2 is 1.85 bits per heavy atom. The van der Waals surface area contributed by atoms with Crippen LogP contribution < -0.4 is 5.32 Å². The summed E-state index contributed by atoms with van der Waals surface area (Å²) in [5, 5.41) is 12.9. The van der Waals surface area contributed by atoms with Crippen LogP contribution in [0.5, 0.6) is 0 Å². The number of hydrogen-bond donors (Lipinski definition) is 2. The van der Waals surface area contributed by atoms with Gasteiger partial charge in [0.2, 0.25) is 0 Å². The fourth-order valence-electron chi connectivity index (χ4n) is 2.59. The van der Waals surface area contributed by atoms with Gasteiger partial charge >= 0.3 is 11.9 Å². The van der Waals surface area contributed by atoms with Crippen molar-refractivity contribution in [2.45, 2.75) is 32.4 Å². The van der Waals surface area contributed by atoms with Gasteiger partial charge in [0.15, 0.2) is 0 Å². The number of halogens is 1. The highest BCUT2D eigenvalue weighted by molar-refractivity contribution is 6.30. The number of carboxylic acid groups (broad SMARTS) is 1. The number of benzene rings is 2. The molecule has 138 valence electrons. The van der Waals surface area contributed by atoms with Gasteiger partial charge in [-0.2, -0.15) is 0 Å². The van der Waals surface area contributed by atoms with E-state index in [9.17, 15) is 14.7 Å². The van der Waals surface area contributed by atoms with Crippen LogP contribution in [0.2, 0.25) is 5.02 Å². The van der Waals surface area contributed by atoms with Crippen LogP contribution in [0, 0.1) is 0 Å². The van der Waals surface area contributed by atoms with Crippen molar-refractivity contribution < 1.29 is 19.4 Å². The Balaban J connectivity index is 2.07. The second-order valence-corrected chi connectivity index (χ2v) is 6.38. The monoisotopic (exact) mass is 375 g/mol. The maximum Gasteiger partial charge on any atom is 0.322 e. The van der Waals surface area contributed by atoms with E-state index in [1.54, 1.807) is 13.8 Å². The van der Waals surface area contributed by atoms with Crippen molar-refractivity contribution in [1.29, 1.82) is 0 Å². The molecule has 0 saturated heterocycles. The van der Waals surface area contributed by atoms with Crippen LogP contribution in [0.1, 0.15) is 19.4 Å². The summed E-state index contributed by atoms with van der Waals surface area (Å²) in [6.45, 7) is 3.56. The van der Waals surface area contributed by atoms with Crippen molar-refractivity contribution in [2.24, 2.45) is 0 Å². The molecule has 26 heavy (non-hydrogen) atoms. The van der Waals surface area contributed by atoms with E-state index in [0.717, 1.165) is 16.7 Å². The minimum atomic E-state index is -1.01. The largest absolute Gasteiger partial charge is 0.480 e. The van der Waals surface area contributed by atoms with Gasteiger partial charge in [-0.05, 0) is 49.1 Å². The second kappa shape index (κ2) is 9.36. The van der Waals surface area contributed by atoms with Crippen LogP contribution in [0.15, 0.2) is 48.5 Å². The van der Waals surface area contributed by atoms with E-state index in [1.807, 2.05) is 48.5 Å². The van der Waals surface area contributed by atoms with Crippen molar-refractivity contribution in [2.75, 3.05) is 6.61 Å². The summed E-state index contributed by atoms with van der Waals surface area (Å²) in [7, 11) is 0. The summed E-state index contributed by atoms with van der Waals surface area (Å²) >= 11 is 6.01. The molecule has 0 amide bonds. The van der Waals surface area contributed by atoms with Crippen LogP contribution in [0.3, 0.4) is 0 Å². The van der Waals surface area contributed by atoms with E-state index < -0.39 is 24.0 Å². The average molecular weight is 376 g/mol. The molecule has 5 nitrogen and oxygen atoms in total. The Hall–Kier alpha value is -2.37. The van der Waals surface area contributed by atoms with Gasteiger partial charge in [0.1, 0.15) is 12.1 Å². The fraction of sp³-hybridized carbons (Fsp3) is 0.300. The Labute approximate surface area is 157 Å². The van der Waals surface area contributed by atoms with E-state index in [1.165, 1.54) is 0 Å². The number of carboxylic acids is 1. The minimum absolute atomic E-state index is 0.257. The number of hydrogen-bond acceptors (Lipinski definition) is 4. The van der Waals surface area contributed by atoms with Gasteiger partial charge in [0.05, 0.1) is 6.61 Å². The van der Waals surface area contributed by atoms with Gasteiger partial charge < -0.3 is 9.84 Å². The fourth-order valence-corrected chi connectivity index (χ4v) is 2.78. The van der Waals surface area contributed by atoms with Gasteiger partial charge in [-0.1, -0.05) is 48.0 Å². The van der Waals surface area contributed by atoms with Gasteiger partial charge in [-0.3, -0.25) is 14.9 Å². The molecule has 0 heterocycles. The third-order valence-corrected chi connectivity index (χ3v) is 4.18. The van der Waals surface area contributed by atoms with Crippen molar-refractivity contribution >= 4 is 23.5 Å².